The van der Waals surface area contributed by atoms with E-state index in [1.807, 2.05) is 41.3 Å². The second-order valence-electron chi connectivity index (χ2n) is 5.89. The molecule has 6 heteroatoms. The van der Waals surface area contributed by atoms with E-state index in [1.165, 1.54) is 0 Å². The van der Waals surface area contributed by atoms with E-state index in [0.29, 0.717) is 11.7 Å². The fourth-order valence-corrected chi connectivity index (χ4v) is 3.06. The molecule has 0 aliphatic carbocycles. The maximum atomic E-state index is 6.00. The molecule has 2 aromatic rings. The summed E-state index contributed by atoms with van der Waals surface area (Å²) in [5.41, 5.74) is 9.27. The lowest BCUT2D eigenvalue weighted by Crippen LogP contribution is -2.37. The molecule has 0 radical (unpaired) electrons. The third kappa shape index (κ3) is 4.41. The fourth-order valence-electron chi connectivity index (χ4n) is 2.89. The number of nitrogens with zero attached hydrogens (tertiary/aromatic N) is 2. The number of methoxy groups -OCH3 is 1. The Hall–Kier alpha value is -2.31. The lowest BCUT2D eigenvalue weighted by molar-refractivity contribution is 0.122. The second-order valence-corrected chi connectivity index (χ2v) is 6.31. The maximum absolute atomic E-state index is 6.00. The number of ether oxygens (including phenoxy) is 2. The third-order valence-corrected chi connectivity index (χ3v) is 4.50. The number of anilines is 2. The molecule has 5 nitrogen and oxygen atoms in total. The molecular formula is C19H23N3O2S. The Morgan fingerprint density at radius 3 is 2.56 bits per heavy atom. The Morgan fingerprint density at radius 1 is 1.20 bits per heavy atom. The molecule has 0 saturated carbocycles. The monoisotopic (exact) mass is 357 g/mol. The van der Waals surface area contributed by atoms with E-state index in [9.17, 15) is 0 Å². The predicted molar refractivity (Wildman–Crippen MR) is 105 cm³/mol. The van der Waals surface area contributed by atoms with Crippen molar-refractivity contribution >= 4 is 28.7 Å². The van der Waals surface area contributed by atoms with Gasteiger partial charge in [-0.15, -0.1) is 0 Å². The van der Waals surface area contributed by atoms with Crippen LogP contribution in [0.25, 0.3) is 0 Å². The highest BCUT2D eigenvalue weighted by Crippen LogP contribution is 2.25. The van der Waals surface area contributed by atoms with E-state index in [2.05, 4.69) is 17.0 Å². The van der Waals surface area contributed by atoms with Gasteiger partial charge in [0, 0.05) is 24.5 Å². The van der Waals surface area contributed by atoms with Gasteiger partial charge in [0.1, 0.15) is 5.75 Å². The van der Waals surface area contributed by atoms with E-state index in [1.54, 1.807) is 7.11 Å². The molecule has 1 fully saturated rings. The van der Waals surface area contributed by atoms with Crippen LogP contribution < -0.4 is 20.3 Å². The number of hydrogen-bond acceptors (Lipinski definition) is 4. The highest BCUT2D eigenvalue weighted by molar-refractivity contribution is 7.80. The van der Waals surface area contributed by atoms with Gasteiger partial charge in [0.25, 0.3) is 0 Å². The summed E-state index contributed by atoms with van der Waals surface area (Å²) in [6.45, 7) is 3.93. The average molecular weight is 357 g/mol. The molecule has 0 atom stereocenters. The lowest BCUT2D eigenvalue weighted by Gasteiger charge is -2.30. The van der Waals surface area contributed by atoms with Gasteiger partial charge in [0.05, 0.1) is 26.9 Å². The summed E-state index contributed by atoms with van der Waals surface area (Å²) >= 11 is 5.29. The number of nitrogens with two attached hydrogens (primary N) is 1. The maximum Gasteiger partial charge on any atom is 0.171 e. The number of benzene rings is 2. The molecule has 2 N–H and O–H groups in total. The van der Waals surface area contributed by atoms with Gasteiger partial charge in [-0.25, -0.2) is 0 Å². The van der Waals surface area contributed by atoms with Gasteiger partial charge in [-0.2, -0.15) is 0 Å². The fraction of sp³-hybridized carbons (Fsp3) is 0.316. The van der Waals surface area contributed by atoms with Gasteiger partial charge in [-0.1, -0.05) is 18.2 Å². The van der Waals surface area contributed by atoms with Crippen LogP contribution in [0.4, 0.5) is 11.4 Å². The van der Waals surface area contributed by atoms with Crippen LogP contribution in [0.5, 0.6) is 5.75 Å². The molecule has 1 aliphatic rings. The van der Waals surface area contributed by atoms with Crippen molar-refractivity contribution in [3.05, 3.63) is 54.1 Å². The summed E-state index contributed by atoms with van der Waals surface area (Å²) in [6, 6.07) is 16.3. The third-order valence-electron chi connectivity index (χ3n) is 4.28. The molecule has 1 heterocycles. The van der Waals surface area contributed by atoms with Crippen LogP contribution in [0, 0.1) is 0 Å². The molecule has 132 valence electrons. The minimum atomic E-state index is 0.356. The van der Waals surface area contributed by atoms with Gasteiger partial charge in [0.15, 0.2) is 5.11 Å². The molecule has 1 aliphatic heterocycles. The number of thiocarbonyl (C=S) groups is 1. The van der Waals surface area contributed by atoms with Gasteiger partial charge in [-0.05, 0) is 48.1 Å². The highest BCUT2D eigenvalue weighted by atomic mass is 32.1. The molecule has 0 aromatic heterocycles. The van der Waals surface area contributed by atoms with Crippen molar-refractivity contribution in [3.63, 3.8) is 0 Å². The van der Waals surface area contributed by atoms with Crippen molar-refractivity contribution in [2.45, 2.75) is 6.54 Å². The minimum Gasteiger partial charge on any atom is -0.497 e. The minimum absolute atomic E-state index is 0.356. The van der Waals surface area contributed by atoms with Gasteiger partial charge < -0.3 is 25.0 Å². The second kappa shape index (κ2) is 8.18. The molecule has 0 bridgehead atoms. The van der Waals surface area contributed by atoms with Crippen molar-refractivity contribution in [1.29, 1.82) is 0 Å². The summed E-state index contributed by atoms with van der Waals surface area (Å²) in [5.74, 6) is 0.833. The first kappa shape index (κ1) is 17.5. The van der Waals surface area contributed by atoms with E-state index in [4.69, 9.17) is 27.4 Å². The molecular weight excluding hydrogens is 334 g/mol. The molecule has 1 saturated heterocycles. The Kier molecular flexibility index (Phi) is 5.73. The van der Waals surface area contributed by atoms with Crippen LogP contribution in [-0.2, 0) is 11.3 Å². The average Bonchev–Trinajstić information content (AvgIpc) is 2.67. The Labute approximate surface area is 153 Å². The van der Waals surface area contributed by atoms with Crippen LogP contribution in [-0.4, -0.2) is 38.5 Å². The van der Waals surface area contributed by atoms with Crippen LogP contribution in [0.2, 0.25) is 0 Å². The molecule has 0 amide bonds. The first-order valence-corrected chi connectivity index (χ1v) is 8.71. The van der Waals surface area contributed by atoms with Crippen LogP contribution >= 0.6 is 12.2 Å². The number of morpholine rings is 1. The number of rotatable bonds is 5. The standard InChI is InChI=1S/C19H23N3O2S/c1-23-18-7-5-15(6-8-18)14-22(19(20)25)17-4-2-3-16(13-17)21-9-11-24-12-10-21/h2-8,13H,9-12,14H2,1H3,(H2,20,25). The summed E-state index contributed by atoms with van der Waals surface area (Å²) in [5, 5.41) is 0.356. The van der Waals surface area contributed by atoms with Crippen LogP contribution in [0.3, 0.4) is 0 Å². The Bertz CT molecular complexity index is 715. The van der Waals surface area contributed by atoms with E-state index < -0.39 is 0 Å². The molecule has 2 aromatic carbocycles. The largest absolute Gasteiger partial charge is 0.497 e. The molecule has 0 unspecified atom stereocenters. The van der Waals surface area contributed by atoms with Crippen LogP contribution in [0.15, 0.2) is 48.5 Å². The normalized spacial score (nSPS) is 14.2. The number of hydrogen-bond donors (Lipinski definition) is 1. The first-order chi connectivity index (χ1) is 12.2. The Morgan fingerprint density at radius 2 is 1.92 bits per heavy atom. The highest BCUT2D eigenvalue weighted by Gasteiger charge is 2.15. The Balaban J connectivity index is 1.80. The zero-order chi connectivity index (χ0) is 17.6. The quantitative estimate of drug-likeness (QED) is 0.831. The molecule has 0 spiro atoms. The van der Waals surface area contributed by atoms with Gasteiger partial charge in [0.2, 0.25) is 0 Å². The summed E-state index contributed by atoms with van der Waals surface area (Å²) in [4.78, 5) is 4.26. The van der Waals surface area contributed by atoms with E-state index >= 15 is 0 Å². The van der Waals surface area contributed by atoms with Crippen molar-refractivity contribution in [2.75, 3.05) is 43.2 Å². The van der Waals surface area contributed by atoms with Gasteiger partial charge >= 0.3 is 0 Å². The zero-order valence-corrected chi connectivity index (χ0v) is 15.2. The van der Waals surface area contributed by atoms with Crippen molar-refractivity contribution < 1.29 is 9.47 Å². The van der Waals surface area contributed by atoms with Crippen molar-refractivity contribution in [2.24, 2.45) is 5.73 Å². The van der Waals surface area contributed by atoms with Crippen LogP contribution in [0.1, 0.15) is 5.56 Å². The van der Waals surface area contributed by atoms with Crippen molar-refractivity contribution in [3.8, 4) is 5.75 Å². The summed E-state index contributed by atoms with van der Waals surface area (Å²) in [7, 11) is 1.66. The van der Waals surface area contributed by atoms with Gasteiger partial charge in [-0.3, -0.25) is 0 Å². The van der Waals surface area contributed by atoms with E-state index in [0.717, 1.165) is 49.0 Å². The smallest absolute Gasteiger partial charge is 0.171 e. The topological polar surface area (TPSA) is 51.0 Å². The molecule has 25 heavy (non-hydrogen) atoms. The SMILES string of the molecule is COc1ccc(CN(C(N)=S)c2cccc(N3CCOCC3)c2)cc1. The molecule has 3 rings (SSSR count). The lowest BCUT2D eigenvalue weighted by atomic mass is 10.1. The summed E-state index contributed by atoms with van der Waals surface area (Å²) in [6.07, 6.45) is 0. The van der Waals surface area contributed by atoms with E-state index in [-0.39, 0.29) is 0 Å². The summed E-state index contributed by atoms with van der Waals surface area (Å²) < 4.78 is 10.6. The van der Waals surface area contributed by atoms with Crippen molar-refractivity contribution in [1.82, 2.24) is 0 Å². The first-order valence-electron chi connectivity index (χ1n) is 8.30. The predicted octanol–water partition coefficient (Wildman–Crippen LogP) is 2.78. The zero-order valence-electron chi connectivity index (χ0n) is 14.4.